The number of aryl methyl sites for hydroxylation is 1. The minimum atomic E-state index is 0.0771. The Balaban J connectivity index is 2.82. The highest BCUT2D eigenvalue weighted by Gasteiger charge is 2.14. The maximum absolute atomic E-state index is 12.2. The van der Waals surface area contributed by atoms with Crippen molar-refractivity contribution in [3.05, 3.63) is 33.8 Å². The predicted octanol–water partition coefficient (Wildman–Crippen LogP) is 3.85. The first-order valence-corrected chi connectivity index (χ1v) is 7.04. The van der Waals surface area contributed by atoms with Crippen LogP contribution in [0.1, 0.15) is 29.3 Å². The summed E-state index contributed by atoms with van der Waals surface area (Å²) in [7, 11) is 0. The molecule has 0 saturated carbocycles. The third kappa shape index (κ3) is 4.00. The van der Waals surface area contributed by atoms with Gasteiger partial charge in [-0.3, -0.25) is 4.79 Å². The Bertz CT molecular complexity index is 395. The van der Waals surface area contributed by atoms with Crippen LogP contribution < -0.4 is 0 Å². The molecule has 1 aromatic carbocycles. The molecule has 0 aliphatic heterocycles. The third-order valence-corrected chi connectivity index (χ3v) is 3.79. The number of alkyl halides is 1. The van der Waals surface area contributed by atoms with E-state index < -0.39 is 0 Å². The second kappa shape index (κ2) is 7.02. The quantitative estimate of drug-likeness (QED) is 0.755. The number of halogens is 2. The Kier molecular flexibility index (Phi) is 6.00. The number of rotatable bonds is 5. The maximum Gasteiger partial charge on any atom is 0.253 e. The lowest BCUT2D eigenvalue weighted by Gasteiger charge is -2.20. The van der Waals surface area contributed by atoms with Gasteiger partial charge in [0.2, 0.25) is 0 Å². The molecule has 0 fully saturated rings. The van der Waals surface area contributed by atoms with Crippen LogP contribution in [0.3, 0.4) is 0 Å². The Morgan fingerprint density at radius 3 is 2.71 bits per heavy atom. The fourth-order valence-electron chi connectivity index (χ4n) is 1.61. The molecule has 1 aromatic rings. The van der Waals surface area contributed by atoms with Crippen LogP contribution in [0, 0.1) is 6.92 Å². The summed E-state index contributed by atoms with van der Waals surface area (Å²) in [5, 5.41) is 0. The van der Waals surface area contributed by atoms with Gasteiger partial charge in [0.1, 0.15) is 0 Å². The minimum Gasteiger partial charge on any atom is -0.339 e. The van der Waals surface area contributed by atoms with Crippen LogP contribution in [0.2, 0.25) is 0 Å². The van der Waals surface area contributed by atoms with E-state index in [9.17, 15) is 4.79 Å². The van der Waals surface area contributed by atoms with Gasteiger partial charge in [0.05, 0.1) is 0 Å². The number of benzene rings is 1. The molecule has 4 heteroatoms. The van der Waals surface area contributed by atoms with Crippen molar-refractivity contribution in [2.24, 2.45) is 0 Å². The maximum atomic E-state index is 12.2. The fourth-order valence-corrected chi connectivity index (χ4v) is 1.98. The van der Waals surface area contributed by atoms with Crippen molar-refractivity contribution >= 4 is 33.4 Å². The Morgan fingerprint density at radius 2 is 2.18 bits per heavy atom. The highest BCUT2D eigenvalue weighted by atomic mass is 79.9. The molecular formula is C13H17BrClNO. The summed E-state index contributed by atoms with van der Waals surface area (Å²) >= 11 is 9.09. The van der Waals surface area contributed by atoms with Crippen LogP contribution in [0.15, 0.2) is 22.7 Å². The van der Waals surface area contributed by atoms with E-state index >= 15 is 0 Å². The van der Waals surface area contributed by atoms with E-state index in [1.54, 1.807) is 0 Å². The van der Waals surface area contributed by atoms with Crippen LogP contribution in [-0.2, 0) is 0 Å². The Morgan fingerprint density at radius 1 is 1.47 bits per heavy atom. The molecule has 1 amide bonds. The summed E-state index contributed by atoms with van der Waals surface area (Å²) in [6, 6.07) is 5.68. The molecule has 1 rings (SSSR count). The SMILES string of the molecule is CCN(CCCCl)C(=O)c1ccc(Br)c(C)c1. The van der Waals surface area contributed by atoms with Gasteiger partial charge < -0.3 is 4.90 Å². The second-order valence-corrected chi connectivity index (χ2v) is 5.12. The van der Waals surface area contributed by atoms with Crippen LogP contribution in [0.25, 0.3) is 0 Å². The topological polar surface area (TPSA) is 20.3 Å². The zero-order chi connectivity index (χ0) is 12.8. The molecule has 2 nitrogen and oxygen atoms in total. The normalized spacial score (nSPS) is 10.4. The number of hydrogen-bond acceptors (Lipinski definition) is 1. The monoisotopic (exact) mass is 317 g/mol. The molecule has 0 bridgehead atoms. The van der Waals surface area contributed by atoms with Gasteiger partial charge in [0, 0.05) is 29.0 Å². The largest absolute Gasteiger partial charge is 0.339 e. The molecule has 0 atom stereocenters. The molecule has 0 aromatic heterocycles. The highest BCUT2D eigenvalue weighted by molar-refractivity contribution is 9.10. The van der Waals surface area contributed by atoms with Crippen molar-refractivity contribution < 1.29 is 4.79 Å². The number of nitrogens with zero attached hydrogens (tertiary/aromatic N) is 1. The van der Waals surface area contributed by atoms with E-state index in [1.165, 1.54) is 0 Å². The number of carbonyl (C=O) groups excluding carboxylic acids is 1. The average molecular weight is 319 g/mol. The predicted molar refractivity (Wildman–Crippen MR) is 75.8 cm³/mol. The van der Waals surface area contributed by atoms with Crippen molar-refractivity contribution in [1.82, 2.24) is 4.90 Å². The third-order valence-electron chi connectivity index (χ3n) is 2.64. The van der Waals surface area contributed by atoms with Crippen molar-refractivity contribution in [1.29, 1.82) is 0 Å². The van der Waals surface area contributed by atoms with Gasteiger partial charge >= 0.3 is 0 Å². The van der Waals surface area contributed by atoms with Crippen LogP contribution in [0.4, 0.5) is 0 Å². The summed E-state index contributed by atoms with van der Waals surface area (Å²) < 4.78 is 1.03. The molecule has 0 saturated heterocycles. The highest BCUT2D eigenvalue weighted by Crippen LogP contribution is 2.18. The van der Waals surface area contributed by atoms with Crippen LogP contribution in [0.5, 0.6) is 0 Å². The second-order valence-electron chi connectivity index (χ2n) is 3.89. The fraction of sp³-hybridized carbons (Fsp3) is 0.462. The lowest BCUT2D eigenvalue weighted by atomic mass is 10.1. The van der Waals surface area contributed by atoms with Crippen molar-refractivity contribution in [3.8, 4) is 0 Å². The smallest absolute Gasteiger partial charge is 0.253 e. The molecule has 0 N–H and O–H groups in total. The van der Waals surface area contributed by atoms with Gasteiger partial charge in [-0.15, -0.1) is 11.6 Å². The average Bonchev–Trinajstić information content (AvgIpc) is 2.33. The molecule has 0 heterocycles. The lowest BCUT2D eigenvalue weighted by molar-refractivity contribution is 0.0765. The van der Waals surface area contributed by atoms with Gasteiger partial charge in [-0.1, -0.05) is 15.9 Å². The molecule has 0 unspecified atom stereocenters. The molecule has 94 valence electrons. The summed E-state index contributed by atoms with van der Waals surface area (Å²) in [5.41, 5.74) is 1.81. The van der Waals surface area contributed by atoms with Gasteiger partial charge in [-0.05, 0) is 44.0 Å². The van der Waals surface area contributed by atoms with E-state index in [0.717, 1.165) is 22.0 Å². The van der Waals surface area contributed by atoms with E-state index in [0.29, 0.717) is 19.0 Å². The van der Waals surface area contributed by atoms with Gasteiger partial charge in [0.15, 0.2) is 0 Å². The van der Waals surface area contributed by atoms with Crippen molar-refractivity contribution in [2.75, 3.05) is 19.0 Å². The number of hydrogen-bond donors (Lipinski definition) is 0. The molecule has 0 aliphatic carbocycles. The number of amides is 1. The number of carbonyl (C=O) groups is 1. The summed E-state index contributed by atoms with van der Waals surface area (Å²) in [6.07, 6.45) is 0.830. The minimum absolute atomic E-state index is 0.0771. The standard InChI is InChI=1S/C13H17BrClNO/c1-3-16(8-4-7-15)13(17)11-5-6-12(14)10(2)9-11/h5-6,9H,3-4,7-8H2,1-2H3. The molecule has 0 radical (unpaired) electrons. The van der Waals surface area contributed by atoms with Gasteiger partial charge in [-0.2, -0.15) is 0 Å². The van der Waals surface area contributed by atoms with E-state index in [1.807, 2.05) is 36.9 Å². The molecule has 17 heavy (non-hydrogen) atoms. The van der Waals surface area contributed by atoms with Crippen LogP contribution in [-0.4, -0.2) is 29.8 Å². The van der Waals surface area contributed by atoms with E-state index in [4.69, 9.17) is 11.6 Å². The summed E-state index contributed by atoms with van der Waals surface area (Å²) in [4.78, 5) is 14.0. The van der Waals surface area contributed by atoms with E-state index in [-0.39, 0.29) is 5.91 Å². The zero-order valence-corrected chi connectivity index (χ0v) is 12.5. The molecule has 0 spiro atoms. The first-order valence-electron chi connectivity index (χ1n) is 5.71. The zero-order valence-electron chi connectivity index (χ0n) is 10.2. The molecular weight excluding hydrogens is 302 g/mol. The first kappa shape index (κ1) is 14.5. The Labute approximate surface area is 116 Å². The van der Waals surface area contributed by atoms with Crippen molar-refractivity contribution in [2.45, 2.75) is 20.3 Å². The summed E-state index contributed by atoms with van der Waals surface area (Å²) in [5.74, 6) is 0.664. The van der Waals surface area contributed by atoms with Gasteiger partial charge in [0.25, 0.3) is 5.91 Å². The van der Waals surface area contributed by atoms with Crippen LogP contribution >= 0.6 is 27.5 Å². The van der Waals surface area contributed by atoms with E-state index in [2.05, 4.69) is 15.9 Å². The van der Waals surface area contributed by atoms with Gasteiger partial charge in [-0.25, -0.2) is 0 Å². The lowest BCUT2D eigenvalue weighted by Crippen LogP contribution is -2.32. The summed E-state index contributed by atoms with van der Waals surface area (Å²) in [6.45, 7) is 5.40. The molecule has 0 aliphatic rings. The Hall–Kier alpha value is -0.540. The first-order chi connectivity index (χ1) is 8.10. The van der Waals surface area contributed by atoms with Crippen molar-refractivity contribution in [3.63, 3.8) is 0 Å².